The summed E-state index contributed by atoms with van der Waals surface area (Å²) in [6.45, 7) is 0. The van der Waals surface area contributed by atoms with Gasteiger partial charge in [-0.2, -0.15) is 0 Å². The predicted octanol–water partition coefficient (Wildman–Crippen LogP) is 14.5. The molecule has 4 heterocycles. The summed E-state index contributed by atoms with van der Waals surface area (Å²) in [5.41, 5.74) is 12.4. The minimum atomic E-state index is 0.696. The monoisotopic (exact) mass is 745 g/mol. The van der Waals surface area contributed by atoms with Gasteiger partial charge < -0.3 is 8.98 Å². The first-order valence-electron chi connectivity index (χ1n) is 19.1. The van der Waals surface area contributed by atoms with Crippen molar-refractivity contribution in [1.82, 2.24) is 14.5 Å². The number of hydrogen-bond acceptors (Lipinski definition) is 4. The molecule has 12 rings (SSSR count). The summed E-state index contributed by atoms with van der Waals surface area (Å²) in [6, 6.07) is 66.5. The Hall–Kier alpha value is -7.34. The molecule has 266 valence electrons. The van der Waals surface area contributed by atoms with Crippen molar-refractivity contribution in [2.45, 2.75) is 0 Å². The fourth-order valence-electron chi connectivity index (χ4n) is 8.56. The summed E-state index contributed by atoms with van der Waals surface area (Å²) >= 11 is 1.83. The third kappa shape index (κ3) is 5.06. The number of nitrogens with zero attached hydrogens (tertiary/aromatic N) is 3. The molecule has 0 N–H and O–H groups in total. The summed E-state index contributed by atoms with van der Waals surface area (Å²) in [6.07, 6.45) is 0. The van der Waals surface area contributed by atoms with E-state index in [1.54, 1.807) is 0 Å². The van der Waals surface area contributed by atoms with E-state index in [1.165, 1.54) is 47.5 Å². The summed E-state index contributed by atoms with van der Waals surface area (Å²) in [4.78, 5) is 10.8. The van der Waals surface area contributed by atoms with Gasteiger partial charge in [-0.3, -0.25) is 0 Å². The van der Waals surface area contributed by atoms with Gasteiger partial charge in [-0.25, -0.2) is 9.97 Å². The Labute approximate surface area is 331 Å². The molecule has 0 spiro atoms. The molecule has 0 aliphatic carbocycles. The molecule has 0 unspecified atom stereocenters. The second-order valence-electron chi connectivity index (χ2n) is 14.5. The Morgan fingerprint density at radius 1 is 0.404 bits per heavy atom. The molecule has 4 nitrogen and oxygen atoms in total. The highest BCUT2D eigenvalue weighted by Crippen LogP contribution is 2.46. The number of aromatic nitrogens is 3. The second-order valence-corrected chi connectivity index (χ2v) is 15.5. The van der Waals surface area contributed by atoms with E-state index in [2.05, 4.69) is 180 Å². The zero-order valence-electron chi connectivity index (χ0n) is 30.6. The van der Waals surface area contributed by atoms with Crippen molar-refractivity contribution < 1.29 is 4.42 Å². The van der Waals surface area contributed by atoms with Gasteiger partial charge in [0.05, 0.1) is 27.1 Å². The fourth-order valence-corrected chi connectivity index (χ4v) is 9.91. The maximum Gasteiger partial charge on any atom is 0.161 e. The van der Waals surface area contributed by atoms with Crippen LogP contribution < -0.4 is 0 Å². The average molecular weight is 746 g/mol. The van der Waals surface area contributed by atoms with Crippen LogP contribution in [0.5, 0.6) is 0 Å². The maximum absolute atomic E-state index is 6.21. The first-order valence-corrected chi connectivity index (χ1v) is 20.0. The number of rotatable bonds is 5. The number of hydrogen-bond donors (Lipinski definition) is 0. The van der Waals surface area contributed by atoms with Crippen LogP contribution in [0.25, 0.3) is 115 Å². The summed E-state index contributed by atoms with van der Waals surface area (Å²) < 4.78 is 11.1. The molecule has 0 saturated carbocycles. The van der Waals surface area contributed by atoms with Gasteiger partial charge in [0.15, 0.2) is 5.82 Å². The van der Waals surface area contributed by atoms with Gasteiger partial charge in [-0.1, -0.05) is 127 Å². The third-order valence-electron chi connectivity index (χ3n) is 11.2. The normalized spacial score (nSPS) is 11.9. The zero-order chi connectivity index (χ0) is 37.5. The van der Waals surface area contributed by atoms with Gasteiger partial charge in [0.25, 0.3) is 0 Å². The van der Waals surface area contributed by atoms with Gasteiger partial charge in [0.2, 0.25) is 0 Å². The van der Waals surface area contributed by atoms with E-state index in [0.717, 1.165) is 61.3 Å². The minimum absolute atomic E-state index is 0.696. The van der Waals surface area contributed by atoms with Gasteiger partial charge in [0.1, 0.15) is 11.2 Å². The maximum atomic E-state index is 6.21. The smallest absolute Gasteiger partial charge is 0.161 e. The minimum Gasteiger partial charge on any atom is -0.456 e. The third-order valence-corrected chi connectivity index (χ3v) is 12.5. The Balaban J connectivity index is 1.11. The Morgan fingerprint density at radius 2 is 1.04 bits per heavy atom. The lowest BCUT2D eigenvalue weighted by molar-refractivity contribution is 0.669. The molecule has 5 heteroatoms. The topological polar surface area (TPSA) is 43.9 Å². The molecule has 0 aliphatic heterocycles. The Morgan fingerprint density at radius 3 is 1.89 bits per heavy atom. The van der Waals surface area contributed by atoms with Gasteiger partial charge in [-0.05, 0) is 71.8 Å². The van der Waals surface area contributed by atoms with Crippen LogP contribution in [-0.4, -0.2) is 14.5 Å². The first-order chi connectivity index (χ1) is 28.2. The zero-order valence-corrected chi connectivity index (χ0v) is 31.4. The molecule has 0 saturated heterocycles. The van der Waals surface area contributed by atoms with Gasteiger partial charge in [-0.15, -0.1) is 11.3 Å². The van der Waals surface area contributed by atoms with Crippen LogP contribution in [0.4, 0.5) is 0 Å². The van der Waals surface area contributed by atoms with E-state index in [9.17, 15) is 0 Å². The number of para-hydroxylation sites is 3. The van der Waals surface area contributed by atoms with E-state index < -0.39 is 0 Å². The lowest BCUT2D eigenvalue weighted by Gasteiger charge is -2.11. The number of fused-ring (bicyclic) bond motifs is 10. The standard InChI is InChI=1S/C52H31N3OS/c1-3-13-32(14-4-1)33-15-11-16-34(29-33)44-31-45(35-25-28-48-43(30-35)38-20-8-10-24-47(38)56-48)54-52(53-44)42-22-12-21-40-41-27-26-39-37-19-7-9-23-46(37)55(36-17-5-2-6-18-36)49(39)51(41)57-50(40)42/h1-31H. The molecule has 4 aromatic heterocycles. The van der Waals surface area contributed by atoms with Crippen molar-refractivity contribution in [1.29, 1.82) is 0 Å². The predicted molar refractivity (Wildman–Crippen MR) is 238 cm³/mol. The second kappa shape index (κ2) is 12.6. The van der Waals surface area contributed by atoms with Crippen molar-refractivity contribution in [3.63, 3.8) is 0 Å². The van der Waals surface area contributed by atoms with Crippen LogP contribution in [0, 0.1) is 0 Å². The summed E-state index contributed by atoms with van der Waals surface area (Å²) in [5, 5.41) is 7.09. The molecule has 0 atom stereocenters. The molecule has 0 amide bonds. The van der Waals surface area contributed by atoms with E-state index in [1.807, 2.05) is 23.5 Å². The van der Waals surface area contributed by atoms with Gasteiger partial charge >= 0.3 is 0 Å². The van der Waals surface area contributed by atoms with E-state index in [-0.39, 0.29) is 0 Å². The van der Waals surface area contributed by atoms with Crippen LogP contribution in [0.2, 0.25) is 0 Å². The highest BCUT2D eigenvalue weighted by Gasteiger charge is 2.21. The van der Waals surface area contributed by atoms with Crippen LogP contribution in [-0.2, 0) is 0 Å². The van der Waals surface area contributed by atoms with Crippen LogP contribution in [0.1, 0.15) is 0 Å². The largest absolute Gasteiger partial charge is 0.456 e. The quantitative estimate of drug-likeness (QED) is 0.176. The number of furan rings is 1. The van der Waals surface area contributed by atoms with E-state index in [0.29, 0.717) is 5.82 Å². The molecule has 57 heavy (non-hydrogen) atoms. The van der Waals surface area contributed by atoms with Crippen molar-refractivity contribution in [3.05, 3.63) is 188 Å². The molecule has 0 bridgehead atoms. The van der Waals surface area contributed by atoms with Crippen molar-refractivity contribution in [2.75, 3.05) is 0 Å². The Bertz CT molecular complexity index is 3520. The van der Waals surface area contributed by atoms with Crippen LogP contribution in [0.15, 0.2) is 192 Å². The van der Waals surface area contributed by atoms with E-state index >= 15 is 0 Å². The molecule has 8 aromatic carbocycles. The lowest BCUT2D eigenvalue weighted by Crippen LogP contribution is -1.96. The number of thiophene rings is 1. The molecular formula is C52H31N3OS. The molecular weight excluding hydrogens is 715 g/mol. The SMILES string of the molecule is c1ccc(-c2cccc(-c3cc(-c4ccc5oc6ccccc6c5c4)nc(-c4cccc5c4sc4c5ccc5c6ccccc6n(-c6ccccc6)c54)n3)c2)cc1. The molecule has 0 aliphatic rings. The molecule has 12 aromatic rings. The van der Waals surface area contributed by atoms with Crippen molar-refractivity contribution in [3.8, 4) is 50.7 Å². The van der Waals surface area contributed by atoms with Crippen LogP contribution in [0.3, 0.4) is 0 Å². The fraction of sp³-hybridized carbons (Fsp3) is 0. The molecule has 0 fully saturated rings. The van der Waals surface area contributed by atoms with Crippen LogP contribution >= 0.6 is 11.3 Å². The average Bonchev–Trinajstić information content (AvgIpc) is 3.96. The summed E-state index contributed by atoms with van der Waals surface area (Å²) in [7, 11) is 0. The van der Waals surface area contributed by atoms with Crippen molar-refractivity contribution >= 4 is 75.3 Å². The highest BCUT2D eigenvalue weighted by atomic mass is 32.1. The first kappa shape index (κ1) is 32.0. The lowest BCUT2D eigenvalue weighted by atomic mass is 10.00. The van der Waals surface area contributed by atoms with Gasteiger partial charge in [0, 0.05) is 59.4 Å². The van der Waals surface area contributed by atoms with Crippen molar-refractivity contribution in [2.24, 2.45) is 0 Å². The number of benzene rings is 8. The summed E-state index contributed by atoms with van der Waals surface area (Å²) in [5.74, 6) is 0.696. The van der Waals surface area contributed by atoms with E-state index in [4.69, 9.17) is 14.4 Å². The highest BCUT2D eigenvalue weighted by molar-refractivity contribution is 7.27. The Kier molecular flexibility index (Phi) is 7.06. The molecule has 0 radical (unpaired) electrons.